The van der Waals surface area contributed by atoms with Crippen LogP contribution in [0.4, 0.5) is 5.82 Å². The molecule has 2 atom stereocenters. The molecule has 31 heavy (non-hydrogen) atoms. The van der Waals surface area contributed by atoms with Crippen LogP contribution >= 0.6 is 0 Å². The number of aromatic amines is 1. The van der Waals surface area contributed by atoms with E-state index >= 15 is 0 Å². The van der Waals surface area contributed by atoms with Crippen molar-refractivity contribution in [1.29, 1.82) is 5.41 Å². The van der Waals surface area contributed by atoms with Gasteiger partial charge in [0.25, 0.3) is 0 Å². The lowest BCUT2D eigenvalue weighted by Crippen LogP contribution is -2.43. The summed E-state index contributed by atoms with van der Waals surface area (Å²) in [6.07, 6.45) is 19.0. The normalized spacial score (nSPS) is 25.5. The molecule has 1 saturated heterocycles. The maximum atomic E-state index is 8.71. The van der Waals surface area contributed by atoms with Gasteiger partial charge in [0.2, 0.25) is 0 Å². The molecule has 5 rings (SSSR count). The van der Waals surface area contributed by atoms with Gasteiger partial charge in [-0.25, -0.2) is 4.99 Å². The highest BCUT2D eigenvalue weighted by Crippen LogP contribution is 2.39. The van der Waals surface area contributed by atoms with Gasteiger partial charge in [0.15, 0.2) is 0 Å². The number of allylic oxidation sites excluding steroid dienone is 6. The lowest BCUT2D eigenvalue weighted by molar-refractivity contribution is 0.0660. The fourth-order valence-corrected chi connectivity index (χ4v) is 4.96. The number of fused-ring (bicyclic) bond motifs is 1. The predicted molar refractivity (Wildman–Crippen MR) is 124 cm³/mol. The molecule has 162 valence electrons. The number of nitrogens with zero attached hydrogens (tertiary/aromatic N) is 2. The molecule has 0 bridgehead atoms. The van der Waals surface area contributed by atoms with Gasteiger partial charge in [-0.3, -0.25) is 5.41 Å². The molecule has 2 N–H and O–H groups in total. The molecule has 0 amide bonds. The number of morpholine rings is 1. The van der Waals surface area contributed by atoms with Crippen molar-refractivity contribution >= 4 is 23.4 Å². The van der Waals surface area contributed by atoms with Crippen molar-refractivity contribution in [1.82, 2.24) is 9.88 Å². The Morgan fingerprint density at radius 2 is 2.06 bits per heavy atom. The second-order valence-corrected chi connectivity index (χ2v) is 8.51. The molecule has 2 aliphatic heterocycles. The van der Waals surface area contributed by atoms with E-state index < -0.39 is 0 Å². The van der Waals surface area contributed by atoms with E-state index in [2.05, 4.69) is 52.7 Å². The van der Waals surface area contributed by atoms with Gasteiger partial charge in [0.1, 0.15) is 17.4 Å². The molecule has 1 fully saturated rings. The Morgan fingerprint density at radius 1 is 1.23 bits per heavy atom. The first-order valence-corrected chi connectivity index (χ1v) is 11.2. The fraction of sp³-hybridized carbons (Fsp3) is 0.440. The van der Waals surface area contributed by atoms with Crippen molar-refractivity contribution < 1.29 is 9.47 Å². The first-order chi connectivity index (χ1) is 15.2. The second kappa shape index (κ2) is 8.71. The molecule has 6 heteroatoms. The summed E-state index contributed by atoms with van der Waals surface area (Å²) in [5.74, 6) is 3.01. The molecular formula is C25H30N4O2. The standard InChI is InChI=1S/C25H30N4O2/c1-30-23-8-3-2-7-20(23)22-16-28-25-21(22)14-19(15-27-25)17-5-4-6-18(13-17)24(26)29-9-11-31-12-10-29/h4-8,15-16,18-19,26,28H,2-3,9-14H2,1H3. The number of ether oxygens (including phenoxy) is 2. The summed E-state index contributed by atoms with van der Waals surface area (Å²) >= 11 is 0. The Hall–Kier alpha value is -2.86. The summed E-state index contributed by atoms with van der Waals surface area (Å²) in [6.45, 7) is 3.05. The highest BCUT2D eigenvalue weighted by Gasteiger charge is 2.29. The van der Waals surface area contributed by atoms with Crippen LogP contribution in [0.5, 0.6) is 0 Å². The minimum Gasteiger partial charge on any atom is -0.496 e. The molecule has 1 aromatic heterocycles. The minimum atomic E-state index is 0.127. The summed E-state index contributed by atoms with van der Waals surface area (Å²) in [5.41, 5.74) is 4.99. The van der Waals surface area contributed by atoms with Crippen LogP contribution in [0.25, 0.3) is 5.57 Å². The molecule has 0 spiro atoms. The van der Waals surface area contributed by atoms with Crippen LogP contribution in [0.3, 0.4) is 0 Å². The summed E-state index contributed by atoms with van der Waals surface area (Å²) in [6, 6.07) is 0. The number of nitrogens with one attached hydrogen (secondary N) is 2. The zero-order chi connectivity index (χ0) is 21.2. The number of rotatable bonds is 4. The fourth-order valence-electron chi connectivity index (χ4n) is 4.96. The minimum absolute atomic E-state index is 0.127. The number of hydrogen-bond acceptors (Lipinski definition) is 4. The van der Waals surface area contributed by atoms with Crippen molar-refractivity contribution in [3.05, 3.63) is 59.0 Å². The third kappa shape index (κ3) is 3.92. The number of H-pyrrole nitrogens is 1. The highest BCUT2D eigenvalue weighted by molar-refractivity contribution is 5.86. The second-order valence-electron chi connectivity index (χ2n) is 8.51. The van der Waals surface area contributed by atoms with Crippen molar-refractivity contribution in [3.8, 4) is 0 Å². The lowest BCUT2D eigenvalue weighted by Gasteiger charge is -2.34. The number of amidine groups is 1. The summed E-state index contributed by atoms with van der Waals surface area (Å²) < 4.78 is 11.1. The SMILES string of the molecule is COC1=CCCC=C1c1c[nH]c2c1CC(C1=CC=CC(C(=N)N3CCOCC3)C1)C=N2. The Labute approximate surface area is 183 Å². The zero-order valence-corrected chi connectivity index (χ0v) is 18.1. The third-order valence-electron chi connectivity index (χ3n) is 6.68. The first-order valence-electron chi connectivity index (χ1n) is 11.2. The Morgan fingerprint density at radius 3 is 2.90 bits per heavy atom. The van der Waals surface area contributed by atoms with Gasteiger partial charge in [-0.2, -0.15) is 0 Å². The monoisotopic (exact) mass is 418 g/mol. The summed E-state index contributed by atoms with van der Waals surface area (Å²) in [4.78, 5) is 10.3. The van der Waals surface area contributed by atoms with E-state index in [1.165, 1.54) is 22.3 Å². The average Bonchev–Trinajstić information content (AvgIpc) is 3.27. The van der Waals surface area contributed by atoms with Crippen LogP contribution in [-0.2, 0) is 15.9 Å². The first kappa shape index (κ1) is 20.1. The highest BCUT2D eigenvalue weighted by atomic mass is 16.5. The molecule has 0 radical (unpaired) electrons. The molecule has 2 unspecified atom stereocenters. The van der Waals surface area contributed by atoms with Gasteiger partial charge in [0, 0.05) is 54.0 Å². The van der Waals surface area contributed by atoms with Crippen LogP contribution in [-0.4, -0.2) is 55.3 Å². The number of hydrogen-bond donors (Lipinski definition) is 2. The number of aromatic nitrogens is 1. The topological polar surface area (TPSA) is 73.7 Å². The Kier molecular flexibility index (Phi) is 5.64. The molecule has 0 aromatic carbocycles. The van der Waals surface area contributed by atoms with Crippen molar-refractivity contribution in [2.24, 2.45) is 16.8 Å². The number of aliphatic imine (C=N–C) groups is 1. The molecule has 1 aromatic rings. The van der Waals surface area contributed by atoms with Crippen LogP contribution in [0.15, 0.2) is 52.9 Å². The van der Waals surface area contributed by atoms with E-state index in [-0.39, 0.29) is 11.8 Å². The van der Waals surface area contributed by atoms with Crippen molar-refractivity contribution in [2.75, 3.05) is 33.4 Å². The van der Waals surface area contributed by atoms with E-state index in [1.807, 2.05) is 0 Å². The smallest absolute Gasteiger partial charge is 0.133 e. The van der Waals surface area contributed by atoms with Crippen LogP contribution < -0.4 is 0 Å². The third-order valence-corrected chi connectivity index (χ3v) is 6.68. The Bertz CT molecular complexity index is 1000. The van der Waals surface area contributed by atoms with E-state index in [4.69, 9.17) is 19.9 Å². The maximum absolute atomic E-state index is 8.71. The average molecular weight is 419 g/mol. The lowest BCUT2D eigenvalue weighted by atomic mass is 9.81. The molecule has 4 aliphatic rings. The van der Waals surface area contributed by atoms with Crippen LogP contribution in [0, 0.1) is 17.2 Å². The number of methoxy groups -OCH3 is 1. The summed E-state index contributed by atoms with van der Waals surface area (Å²) in [7, 11) is 1.74. The van der Waals surface area contributed by atoms with Crippen molar-refractivity contribution in [2.45, 2.75) is 25.7 Å². The van der Waals surface area contributed by atoms with E-state index in [1.54, 1.807) is 7.11 Å². The van der Waals surface area contributed by atoms with Gasteiger partial charge in [0.05, 0.1) is 20.3 Å². The molecule has 6 nitrogen and oxygen atoms in total. The molecular weight excluding hydrogens is 388 g/mol. The van der Waals surface area contributed by atoms with Crippen molar-refractivity contribution in [3.63, 3.8) is 0 Å². The van der Waals surface area contributed by atoms with Gasteiger partial charge < -0.3 is 19.4 Å². The van der Waals surface area contributed by atoms with Crippen LogP contribution in [0.1, 0.15) is 30.4 Å². The van der Waals surface area contributed by atoms with Crippen LogP contribution in [0.2, 0.25) is 0 Å². The van der Waals surface area contributed by atoms with Gasteiger partial charge in [-0.15, -0.1) is 0 Å². The molecule has 2 aliphatic carbocycles. The molecule has 0 saturated carbocycles. The zero-order valence-electron chi connectivity index (χ0n) is 18.1. The Balaban J connectivity index is 1.33. The maximum Gasteiger partial charge on any atom is 0.133 e. The largest absolute Gasteiger partial charge is 0.496 e. The van der Waals surface area contributed by atoms with Gasteiger partial charge in [-0.05, 0) is 31.8 Å². The van der Waals surface area contributed by atoms with E-state index in [0.29, 0.717) is 19.0 Å². The predicted octanol–water partition coefficient (Wildman–Crippen LogP) is 4.41. The summed E-state index contributed by atoms with van der Waals surface area (Å²) in [5, 5.41) is 8.71. The quantitative estimate of drug-likeness (QED) is 0.562. The van der Waals surface area contributed by atoms with Gasteiger partial charge in [-0.1, -0.05) is 29.9 Å². The molecule has 3 heterocycles. The van der Waals surface area contributed by atoms with E-state index in [9.17, 15) is 0 Å². The van der Waals surface area contributed by atoms with E-state index in [0.717, 1.165) is 50.3 Å². The van der Waals surface area contributed by atoms with Gasteiger partial charge >= 0.3 is 0 Å².